The van der Waals surface area contributed by atoms with E-state index in [9.17, 15) is 9.59 Å². The number of carbonyl (C=O) groups is 2. The molecule has 0 unspecified atom stereocenters. The largest absolute Gasteiger partial charge is 0.480 e. The average molecular weight is 217 g/mol. The van der Waals surface area contributed by atoms with Gasteiger partial charge in [-0.25, -0.2) is 9.80 Å². The van der Waals surface area contributed by atoms with Gasteiger partial charge in [-0.2, -0.15) is 0 Å². The van der Waals surface area contributed by atoms with E-state index in [1.165, 1.54) is 9.91 Å². The summed E-state index contributed by atoms with van der Waals surface area (Å²) in [6.45, 7) is 4.00. The molecule has 0 aliphatic carbocycles. The first-order valence-electron chi connectivity index (χ1n) is 4.77. The van der Waals surface area contributed by atoms with Gasteiger partial charge in [0.2, 0.25) is 0 Å². The third-order valence-electron chi connectivity index (χ3n) is 1.52. The predicted octanol–water partition coefficient (Wildman–Crippen LogP) is 0.215. The fourth-order valence-electron chi connectivity index (χ4n) is 1.09. The van der Waals surface area contributed by atoms with E-state index in [2.05, 4.69) is 5.43 Å². The molecule has 2 N–H and O–H groups in total. The zero-order valence-electron chi connectivity index (χ0n) is 9.65. The Bertz CT molecular complexity index is 229. The second kappa shape index (κ2) is 6.23. The van der Waals surface area contributed by atoms with Crippen LogP contribution in [0.2, 0.25) is 0 Å². The first-order chi connectivity index (χ1) is 6.82. The molecule has 6 nitrogen and oxygen atoms in total. The standard InChI is InChI=1S/C9H19N3O3/c1-7(2)5-12(6-8(13)14)9(15)10-11(3)4/h7H,5-6H2,1-4H3,(H,10,15)(H,13,14). The molecule has 0 aliphatic heterocycles. The van der Waals surface area contributed by atoms with Crippen molar-refractivity contribution >= 4 is 12.0 Å². The fraction of sp³-hybridized carbons (Fsp3) is 0.778. The van der Waals surface area contributed by atoms with Crippen LogP contribution in [-0.4, -0.2) is 54.2 Å². The third-order valence-corrected chi connectivity index (χ3v) is 1.52. The summed E-state index contributed by atoms with van der Waals surface area (Å²) in [5.74, 6) is -0.776. The summed E-state index contributed by atoms with van der Waals surface area (Å²) in [5, 5.41) is 10.1. The molecule has 0 aromatic carbocycles. The van der Waals surface area contributed by atoms with Crippen molar-refractivity contribution in [2.45, 2.75) is 13.8 Å². The van der Waals surface area contributed by atoms with Crippen molar-refractivity contribution in [3.05, 3.63) is 0 Å². The number of amides is 2. The lowest BCUT2D eigenvalue weighted by molar-refractivity contribution is -0.137. The van der Waals surface area contributed by atoms with Gasteiger partial charge in [0.25, 0.3) is 0 Å². The van der Waals surface area contributed by atoms with Crippen molar-refractivity contribution in [1.29, 1.82) is 0 Å². The van der Waals surface area contributed by atoms with E-state index >= 15 is 0 Å². The quantitative estimate of drug-likeness (QED) is 0.646. The van der Waals surface area contributed by atoms with Crippen molar-refractivity contribution in [2.75, 3.05) is 27.2 Å². The minimum absolute atomic E-state index is 0.234. The zero-order valence-corrected chi connectivity index (χ0v) is 9.65. The van der Waals surface area contributed by atoms with Gasteiger partial charge < -0.3 is 10.0 Å². The van der Waals surface area contributed by atoms with E-state index in [-0.39, 0.29) is 12.5 Å². The molecular formula is C9H19N3O3. The van der Waals surface area contributed by atoms with Gasteiger partial charge in [-0.05, 0) is 5.92 Å². The maximum absolute atomic E-state index is 11.5. The van der Waals surface area contributed by atoms with Gasteiger partial charge in [-0.3, -0.25) is 10.2 Å². The SMILES string of the molecule is CC(C)CN(CC(=O)O)C(=O)NN(C)C. The van der Waals surface area contributed by atoms with Gasteiger partial charge >= 0.3 is 12.0 Å². The highest BCUT2D eigenvalue weighted by Gasteiger charge is 2.17. The van der Waals surface area contributed by atoms with E-state index in [0.717, 1.165) is 0 Å². The topological polar surface area (TPSA) is 72.9 Å². The van der Waals surface area contributed by atoms with Crippen LogP contribution in [0.5, 0.6) is 0 Å². The van der Waals surface area contributed by atoms with Crippen molar-refractivity contribution in [1.82, 2.24) is 15.3 Å². The first kappa shape index (κ1) is 13.7. The monoisotopic (exact) mass is 217 g/mol. The van der Waals surface area contributed by atoms with Crippen molar-refractivity contribution in [3.63, 3.8) is 0 Å². The molecule has 0 rings (SSSR count). The number of rotatable bonds is 5. The molecular weight excluding hydrogens is 198 g/mol. The summed E-state index contributed by atoms with van der Waals surface area (Å²) in [7, 11) is 3.35. The Morgan fingerprint density at radius 3 is 2.20 bits per heavy atom. The number of hydrazine groups is 1. The maximum atomic E-state index is 11.5. The lowest BCUT2D eigenvalue weighted by atomic mass is 10.2. The summed E-state index contributed by atoms with van der Waals surface area (Å²) < 4.78 is 0. The molecule has 0 saturated heterocycles. The second-order valence-electron chi connectivity index (χ2n) is 3.98. The van der Waals surface area contributed by atoms with Crippen molar-refractivity contribution < 1.29 is 14.7 Å². The molecule has 0 aromatic rings. The van der Waals surface area contributed by atoms with Crippen LogP contribution in [0.3, 0.4) is 0 Å². The molecule has 0 saturated carbocycles. The maximum Gasteiger partial charge on any atom is 0.332 e. The summed E-state index contributed by atoms with van der Waals surface area (Å²) in [4.78, 5) is 23.4. The van der Waals surface area contributed by atoms with Gasteiger partial charge in [0.1, 0.15) is 6.54 Å². The molecule has 0 aliphatic rings. The Labute approximate surface area is 89.8 Å². The Balaban J connectivity index is 4.33. The van der Waals surface area contributed by atoms with E-state index in [0.29, 0.717) is 6.54 Å². The highest BCUT2D eigenvalue weighted by atomic mass is 16.4. The molecule has 6 heteroatoms. The zero-order chi connectivity index (χ0) is 12.0. The molecule has 88 valence electrons. The van der Waals surface area contributed by atoms with Crippen LogP contribution in [0.25, 0.3) is 0 Å². The molecule has 2 amide bonds. The van der Waals surface area contributed by atoms with Gasteiger partial charge in [0, 0.05) is 20.6 Å². The van der Waals surface area contributed by atoms with Crippen LogP contribution in [-0.2, 0) is 4.79 Å². The molecule has 0 atom stereocenters. The molecule has 0 spiro atoms. The summed E-state index contributed by atoms with van der Waals surface area (Å²) >= 11 is 0. The number of carbonyl (C=O) groups excluding carboxylic acids is 1. The van der Waals surface area contributed by atoms with Crippen LogP contribution in [0, 0.1) is 5.92 Å². The predicted molar refractivity (Wildman–Crippen MR) is 56.3 cm³/mol. The number of aliphatic carboxylic acids is 1. The van der Waals surface area contributed by atoms with Crippen molar-refractivity contribution in [2.24, 2.45) is 5.92 Å². The lowest BCUT2D eigenvalue weighted by Crippen LogP contribution is -2.48. The fourth-order valence-corrected chi connectivity index (χ4v) is 1.09. The number of urea groups is 1. The Morgan fingerprint density at radius 2 is 1.87 bits per heavy atom. The molecule has 0 heterocycles. The Morgan fingerprint density at radius 1 is 1.33 bits per heavy atom. The number of hydrogen-bond donors (Lipinski definition) is 2. The third kappa shape index (κ3) is 6.73. The molecule has 0 aromatic heterocycles. The van der Waals surface area contributed by atoms with Crippen LogP contribution in [0.1, 0.15) is 13.8 Å². The smallest absolute Gasteiger partial charge is 0.332 e. The number of carboxylic acid groups (broad SMARTS) is 1. The normalized spacial score (nSPS) is 10.5. The van der Waals surface area contributed by atoms with E-state index in [1.54, 1.807) is 14.1 Å². The second-order valence-corrected chi connectivity index (χ2v) is 3.98. The van der Waals surface area contributed by atoms with Gasteiger partial charge in [-0.15, -0.1) is 0 Å². The van der Waals surface area contributed by atoms with Gasteiger partial charge in [0.05, 0.1) is 0 Å². The number of nitrogens with zero attached hydrogens (tertiary/aromatic N) is 2. The summed E-state index contributed by atoms with van der Waals surface area (Å²) in [5.41, 5.74) is 2.51. The first-order valence-corrected chi connectivity index (χ1v) is 4.77. The number of hydrogen-bond acceptors (Lipinski definition) is 3. The molecule has 0 fully saturated rings. The van der Waals surface area contributed by atoms with Crippen molar-refractivity contribution in [3.8, 4) is 0 Å². The van der Waals surface area contributed by atoms with Crippen LogP contribution in [0.15, 0.2) is 0 Å². The Kier molecular flexibility index (Phi) is 5.69. The van der Waals surface area contributed by atoms with Crippen LogP contribution in [0.4, 0.5) is 4.79 Å². The Hall–Kier alpha value is -1.30. The number of nitrogens with one attached hydrogen (secondary N) is 1. The minimum Gasteiger partial charge on any atom is -0.480 e. The van der Waals surface area contributed by atoms with Crippen LogP contribution < -0.4 is 5.43 Å². The number of carboxylic acids is 1. The van der Waals surface area contributed by atoms with E-state index in [1.807, 2.05) is 13.8 Å². The molecule has 0 bridgehead atoms. The van der Waals surface area contributed by atoms with Gasteiger partial charge in [0.15, 0.2) is 0 Å². The van der Waals surface area contributed by atoms with E-state index < -0.39 is 12.0 Å². The van der Waals surface area contributed by atoms with Gasteiger partial charge in [-0.1, -0.05) is 13.8 Å². The summed E-state index contributed by atoms with van der Waals surface area (Å²) in [6, 6.07) is -0.392. The van der Waals surface area contributed by atoms with E-state index in [4.69, 9.17) is 5.11 Å². The minimum atomic E-state index is -1.01. The van der Waals surface area contributed by atoms with Crippen LogP contribution >= 0.6 is 0 Å². The molecule has 0 radical (unpaired) electrons. The average Bonchev–Trinajstić information content (AvgIpc) is 1.99. The lowest BCUT2D eigenvalue weighted by Gasteiger charge is -2.24. The molecule has 15 heavy (non-hydrogen) atoms. The summed E-state index contributed by atoms with van der Waals surface area (Å²) in [6.07, 6.45) is 0. The highest BCUT2D eigenvalue weighted by Crippen LogP contribution is 1.99. The highest BCUT2D eigenvalue weighted by molar-refractivity contribution is 5.79.